The standard InChI is InChI=1S/C10H14FNO/c1-3-6-12-10-5-4-8(13-2)7-9(10)11/h4-5,7,12H,3,6H2,1-2H3. The molecule has 2 nitrogen and oxygen atoms in total. The fourth-order valence-electron chi connectivity index (χ4n) is 1.03. The molecule has 0 atom stereocenters. The van der Waals surface area contributed by atoms with E-state index in [1.165, 1.54) is 13.2 Å². The molecule has 0 saturated carbocycles. The predicted octanol–water partition coefficient (Wildman–Crippen LogP) is 2.66. The monoisotopic (exact) mass is 183 g/mol. The van der Waals surface area contributed by atoms with Gasteiger partial charge in [-0.3, -0.25) is 0 Å². The van der Waals surface area contributed by atoms with E-state index in [2.05, 4.69) is 5.32 Å². The highest BCUT2D eigenvalue weighted by molar-refractivity contribution is 5.47. The molecular formula is C10H14FNO. The second-order valence-corrected chi connectivity index (χ2v) is 2.77. The van der Waals surface area contributed by atoms with Crippen LogP contribution in [-0.4, -0.2) is 13.7 Å². The minimum Gasteiger partial charge on any atom is -0.497 e. The Hall–Kier alpha value is -1.25. The van der Waals surface area contributed by atoms with Crippen LogP contribution in [0.5, 0.6) is 5.75 Å². The molecule has 0 saturated heterocycles. The normalized spacial score (nSPS) is 9.77. The van der Waals surface area contributed by atoms with Crippen LogP contribution in [0.3, 0.4) is 0 Å². The SMILES string of the molecule is CCCNc1ccc(OC)cc1F. The van der Waals surface area contributed by atoms with Gasteiger partial charge < -0.3 is 10.1 Å². The molecule has 0 aliphatic heterocycles. The van der Waals surface area contributed by atoms with Gasteiger partial charge in [0.2, 0.25) is 0 Å². The Morgan fingerprint density at radius 3 is 2.77 bits per heavy atom. The molecule has 0 aliphatic rings. The van der Waals surface area contributed by atoms with E-state index >= 15 is 0 Å². The number of benzene rings is 1. The van der Waals surface area contributed by atoms with Crippen LogP contribution in [-0.2, 0) is 0 Å². The van der Waals surface area contributed by atoms with Crippen LogP contribution in [0.25, 0.3) is 0 Å². The third-order valence-corrected chi connectivity index (χ3v) is 1.74. The van der Waals surface area contributed by atoms with Gasteiger partial charge in [0.15, 0.2) is 0 Å². The maximum Gasteiger partial charge on any atom is 0.149 e. The Morgan fingerprint density at radius 1 is 1.46 bits per heavy atom. The van der Waals surface area contributed by atoms with Crippen molar-refractivity contribution >= 4 is 5.69 Å². The topological polar surface area (TPSA) is 21.3 Å². The first-order valence-corrected chi connectivity index (χ1v) is 4.35. The molecule has 0 amide bonds. The largest absolute Gasteiger partial charge is 0.497 e. The van der Waals surface area contributed by atoms with E-state index < -0.39 is 0 Å². The fraction of sp³-hybridized carbons (Fsp3) is 0.400. The van der Waals surface area contributed by atoms with Crippen molar-refractivity contribution in [3.8, 4) is 5.75 Å². The number of halogens is 1. The summed E-state index contributed by atoms with van der Waals surface area (Å²) in [6, 6.07) is 4.79. The smallest absolute Gasteiger partial charge is 0.149 e. The number of ether oxygens (including phenoxy) is 1. The lowest BCUT2D eigenvalue weighted by molar-refractivity contribution is 0.411. The van der Waals surface area contributed by atoms with Crippen LogP contribution in [0.4, 0.5) is 10.1 Å². The van der Waals surface area contributed by atoms with Crippen LogP contribution < -0.4 is 10.1 Å². The molecule has 0 radical (unpaired) electrons. The zero-order valence-electron chi connectivity index (χ0n) is 7.93. The van der Waals surface area contributed by atoms with Crippen molar-refractivity contribution in [2.75, 3.05) is 19.0 Å². The summed E-state index contributed by atoms with van der Waals surface area (Å²) in [7, 11) is 1.52. The highest BCUT2D eigenvalue weighted by Crippen LogP contribution is 2.19. The Balaban J connectivity index is 2.73. The van der Waals surface area contributed by atoms with Gasteiger partial charge in [-0.1, -0.05) is 6.92 Å². The summed E-state index contributed by atoms with van der Waals surface area (Å²) in [5.41, 5.74) is 0.530. The molecule has 0 aliphatic carbocycles. The van der Waals surface area contributed by atoms with Crippen LogP contribution in [0.1, 0.15) is 13.3 Å². The molecule has 3 heteroatoms. The molecule has 0 bridgehead atoms. The van der Waals surface area contributed by atoms with E-state index in [1.54, 1.807) is 12.1 Å². The van der Waals surface area contributed by atoms with Crippen LogP contribution in [0, 0.1) is 5.82 Å². The number of hydrogen-bond acceptors (Lipinski definition) is 2. The summed E-state index contributed by atoms with van der Waals surface area (Å²) < 4.78 is 18.1. The van der Waals surface area contributed by atoms with Crippen molar-refractivity contribution in [1.29, 1.82) is 0 Å². The minimum absolute atomic E-state index is 0.271. The van der Waals surface area contributed by atoms with Crippen molar-refractivity contribution in [3.05, 3.63) is 24.0 Å². The number of rotatable bonds is 4. The molecule has 0 heterocycles. The van der Waals surface area contributed by atoms with E-state index in [1.807, 2.05) is 6.92 Å². The van der Waals surface area contributed by atoms with Gasteiger partial charge in [-0.25, -0.2) is 4.39 Å². The molecule has 0 fully saturated rings. The Kier molecular flexibility index (Phi) is 3.55. The molecule has 1 rings (SSSR count). The average Bonchev–Trinajstić information content (AvgIpc) is 2.16. The van der Waals surface area contributed by atoms with Crippen LogP contribution in [0.2, 0.25) is 0 Å². The summed E-state index contributed by atoms with van der Waals surface area (Å²) in [6.07, 6.45) is 0.978. The molecule has 13 heavy (non-hydrogen) atoms. The quantitative estimate of drug-likeness (QED) is 0.774. The maximum absolute atomic E-state index is 13.2. The lowest BCUT2D eigenvalue weighted by atomic mass is 10.3. The summed E-state index contributed by atoms with van der Waals surface area (Å²) in [6.45, 7) is 2.82. The van der Waals surface area contributed by atoms with Gasteiger partial charge in [-0.15, -0.1) is 0 Å². The third-order valence-electron chi connectivity index (χ3n) is 1.74. The lowest BCUT2D eigenvalue weighted by Crippen LogP contribution is -2.01. The molecule has 1 aromatic carbocycles. The summed E-state index contributed by atoms with van der Waals surface area (Å²) in [4.78, 5) is 0. The van der Waals surface area contributed by atoms with Crippen molar-refractivity contribution < 1.29 is 9.13 Å². The summed E-state index contributed by atoms with van der Waals surface area (Å²) >= 11 is 0. The lowest BCUT2D eigenvalue weighted by Gasteiger charge is -2.07. The van der Waals surface area contributed by atoms with Gasteiger partial charge in [0.05, 0.1) is 12.8 Å². The predicted molar refractivity (Wildman–Crippen MR) is 51.7 cm³/mol. The van der Waals surface area contributed by atoms with Crippen LogP contribution in [0.15, 0.2) is 18.2 Å². The molecule has 0 aromatic heterocycles. The molecular weight excluding hydrogens is 169 g/mol. The van der Waals surface area contributed by atoms with E-state index in [4.69, 9.17) is 4.74 Å². The van der Waals surface area contributed by atoms with Crippen molar-refractivity contribution in [3.63, 3.8) is 0 Å². The number of nitrogens with one attached hydrogen (secondary N) is 1. The summed E-state index contributed by atoms with van der Waals surface area (Å²) in [5, 5.41) is 2.98. The fourth-order valence-corrected chi connectivity index (χ4v) is 1.03. The van der Waals surface area contributed by atoms with Gasteiger partial charge in [0.25, 0.3) is 0 Å². The van der Waals surface area contributed by atoms with Gasteiger partial charge in [0.1, 0.15) is 11.6 Å². The summed E-state index contributed by atoms with van der Waals surface area (Å²) in [5.74, 6) is 0.271. The Morgan fingerprint density at radius 2 is 2.23 bits per heavy atom. The number of methoxy groups -OCH3 is 1. The van der Waals surface area contributed by atoms with E-state index in [9.17, 15) is 4.39 Å². The molecule has 72 valence electrons. The van der Waals surface area contributed by atoms with Gasteiger partial charge in [-0.05, 0) is 18.6 Å². The second-order valence-electron chi connectivity index (χ2n) is 2.77. The average molecular weight is 183 g/mol. The first-order valence-electron chi connectivity index (χ1n) is 4.35. The van der Waals surface area contributed by atoms with Crippen LogP contribution >= 0.6 is 0 Å². The molecule has 0 spiro atoms. The second kappa shape index (κ2) is 4.70. The zero-order chi connectivity index (χ0) is 9.68. The first-order chi connectivity index (χ1) is 6.27. The van der Waals surface area contributed by atoms with E-state index in [-0.39, 0.29) is 5.82 Å². The van der Waals surface area contributed by atoms with Crippen molar-refractivity contribution in [1.82, 2.24) is 0 Å². The maximum atomic E-state index is 13.2. The minimum atomic E-state index is -0.271. The Labute approximate surface area is 77.7 Å². The van der Waals surface area contributed by atoms with Gasteiger partial charge in [-0.2, -0.15) is 0 Å². The first kappa shape index (κ1) is 9.84. The van der Waals surface area contributed by atoms with E-state index in [0.29, 0.717) is 11.4 Å². The van der Waals surface area contributed by atoms with Crippen molar-refractivity contribution in [2.24, 2.45) is 0 Å². The highest BCUT2D eigenvalue weighted by Gasteiger charge is 2.01. The highest BCUT2D eigenvalue weighted by atomic mass is 19.1. The number of anilines is 1. The molecule has 0 unspecified atom stereocenters. The zero-order valence-corrected chi connectivity index (χ0v) is 7.93. The molecule has 1 N–H and O–H groups in total. The molecule has 1 aromatic rings. The van der Waals surface area contributed by atoms with E-state index in [0.717, 1.165) is 13.0 Å². The van der Waals surface area contributed by atoms with Gasteiger partial charge >= 0.3 is 0 Å². The van der Waals surface area contributed by atoms with Crippen molar-refractivity contribution in [2.45, 2.75) is 13.3 Å². The Bertz CT molecular complexity index is 276. The van der Waals surface area contributed by atoms with Gasteiger partial charge in [0, 0.05) is 12.6 Å². The third kappa shape index (κ3) is 2.61. The number of hydrogen-bond donors (Lipinski definition) is 1.